The Balaban J connectivity index is -0.000000152. The quantitative estimate of drug-likeness (QED) is 0.407. The Morgan fingerprint density at radius 2 is 0.941 bits per heavy atom. The molecule has 0 atom stereocenters. The summed E-state index contributed by atoms with van der Waals surface area (Å²) in [5, 5.41) is 0. The van der Waals surface area contributed by atoms with Crippen molar-refractivity contribution in [3.63, 3.8) is 0 Å². The first-order chi connectivity index (χ1) is 7.72. The molecule has 0 radical (unpaired) electrons. The van der Waals surface area contributed by atoms with Crippen LogP contribution < -0.4 is 0 Å². The third-order valence-corrected chi connectivity index (χ3v) is 1.28. The second kappa shape index (κ2) is 24.4. The molecule has 0 saturated carbocycles. The van der Waals surface area contributed by atoms with Gasteiger partial charge in [-0.15, -0.1) is 24.0 Å². The van der Waals surface area contributed by atoms with Gasteiger partial charge in [-0.3, -0.25) is 0 Å². The van der Waals surface area contributed by atoms with Gasteiger partial charge in [0.25, 0.3) is 0 Å². The zero-order chi connectivity index (χ0) is 13.4. The molecule has 0 aliphatic rings. The van der Waals surface area contributed by atoms with E-state index in [1.165, 1.54) is 0 Å². The molecular formula is C16H27I. The van der Waals surface area contributed by atoms with Crippen LogP contribution in [-0.4, -0.2) is 0 Å². The highest BCUT2D eigenvalue weighted by molar-refractivity contribution is 14.0. The van der Waals surface area contributed by atoms with Crippen molar-refractivity contribution in [3.05, 3.63) is 73.9 Å². The highest BCUT2D eigenvalue weighted by atomic mass is 127. The molecule has 0 rings (SSSR count). The van der Waals surface area contributed by atoms with E-state index in [1.807, 2.05) is 52.0 Å². The first-order valence-corrected chi connectivity index (χ1v) is 5.68. The lowest BCUT2D eigenvalue weighted by Crippen LogP contribution is -1.76. The Kier molecular flexibility index (Phi) is 36.1. The summed E-state index contributed by atoms with van der Waals surface area (Å²) in [5.74, 6) is 0. The van der Waals surface area contributed by atoms with Crippen molar-refractivity contribution in [1.29, 1.82) is 0 Å². The van der Waals surface area contributed by atoms with Crippen molar-refractivity contribution in [2.75, 3.05) is 0 Å². The van der Waals surface area contributed by atoms with Gasteiger partial charge >= 0.3 is 0 Å². The Bertz CT molecular complexity index is 227. The molecule has 0 spiro atoms. The number of halogens is 1. The maximum absolute atomic E-state index is 3.83. The van der Waals surface area contributed by atoms with Gasteiger partial charge in [-0.25, -0.2) is 0 Å². The number of hydrogen-bond acceptors (Lipinski definition) is 0. The van der Waals surface area contributed by atoms with Crippen LogP contribution in [0.5, 0.6) is 0 Å². The van der Waals surface area contributed by atoms with E-state index < -0.39 is 0 Å². The molecule has 0 bridgehead atoms. The summed E-state index contributed by atoms with van der Waals surface area (Å²) in [5.41, 5.74) is 1.76. The van der Waals surface area contributed by atoms with Crippen LogP contribution in [0.3, 0.4) is 0 Å². The standard InChI is InChI=1S/C12H14.2C2H6.HI/c1-5-7-9-11(3)12(4)10-8-6-2;2*1-2;/h5-10H,1-4H2;2*1-2H3;1H/b9-7-,10-8-;;;. The van der Waals surface area contributed by atoms with E-state index >= 15 is 0 Å². The lowest BCUT2D eigenvalue weighted by atomic mass is 10.1. The van der Waals surface area contributed by atoms with Crippen molar-refractivity contribution in [2.45, 2.75) is 27.7 Å². The normalized spacial score (nSPS) is 8.00. The fourth-order valence-electron chi connectivity index (χ4n) is 0.582. The SMILES string of the molecule is C=C/C=C\C(=C)C(=C)/C=C\C=C.CC.CC.I. The molecular weight excluding hydrogens is 319 g/mol. The van der Waals surface area contributed by atoms with E-state index in [-0.39, 0.29) is 24.0 Å². The molecule has 17 heavy (non-hydrogen) atoms. The lowest BCUT2D eigenvalue weighted by molar-refractivity contribution is 1.50. The third-order valence-electron chi connectivity index (χ3n) is 1.28. The molecule has 0 N–H and O–H groups in total. The van der Waals surface area contributed by atoms with Gasteiger partial charge < -0.3 is 0 Å². The second-order valence-corrected chi connectivity index (χ2v) is 2.24. The predicted molar refractivity (Wildman–Crippen MR) is 95.1 cm³/mol. The van der Waals surface area contributed by atoms with E-state index in [0.29, 0.717) is 0 Å². The Morgan fingerprint density at radius 3 is 1.12 bits per heavy atom. The molecule has 0 aromatic carbocycles. The molecule has 0 amide bonds. The van der Waals surface area contributed by atoms with Crippen LogP contribution in [0.1, 0.15) is 27.7 Å². The van der Waals surface area contributed by atoms with Crippen molar-refractivity contribution < 1.29 is 0 Å². The first-order valence-electron chi connectivity index (χ1n) is 5.68. The van der Waals surface area contributed by atoms with E-state index in [1.54, 1.807) is 12.2 Å². The van der Waals surface area contributed by atoms with E-state index in [9.17, 15) is 0 Å². The summed E-state index contributed by atoms with van der Waals surface area (Å²) in [6.07, 6.45) is 10.8. The molecule has 0 saturated heterocycles. The average molecular weight is 346 g/mol. The van der Waals surface area contributed by atoms with Crippen LogP contribution in [0.15, 0.2) is 73.9 Å². The summed E-state index contributed by atoms with van der Waals surface area (Å²) in [6, 6.07) is 0. The van der Waals surface area contributed by atoms with Gasteiger partial charge in [0.05, 0.1) is 0 Å². The minimum absolute atomic E-state index is 0. The van der Waals surface area contributed by atoms with Crippen LogP contribution >= 0.6 is 24.0 Å². The van der Waals surface area contributed by atoms with Crippen LogP contribution in [0.25, 0.3) is 0 Å². The van der Waals surface area contributed by atoms with Gasteiger partial charge in [-0.1, -0.05) is 90.5 Å². The summed E-state index contributed by atoms with van der Waals surface area (Å²) in [4.78, 5) is 0. The molecule has 0 aliphatic heterocycles. The highest BCUT2D eigenvalue weighted by Crippen LogP contribution is 2.07. The Labute approximate surface area is 125 Å². The summed E-state index contributed by atoms with van der Waals surface area (Å²) >= 11 is 0. The minimum Gasteiger partial charge on any atom is -0.107 e. The van der Waals surface area contributed by atoms with Gasteiger partial charge in [0.1, 0.15) is 0 Å². The zero-order valence-electron chi connectivity index (χ0n) is 11.7. The maximum Gasteiger partial charge on any atom is -0.0262 e. The van der Waals surface area contributed by atoms with Crippen molar-refractivity contribution >= 4 is 24.0 Å². The summed E-state index contributed by atoms with van der Waals surface area (Å²) in [6.45, 7) is 22.8. The van der Waals surface area contributed by atoms with Crippen molar-refractivity contribution in [1.82, 2.24) is 0 Å². The Morgan fingerprint density at radius 1 is 0.706 bits per heavy atom. The number of rotatable bonds is 5. The summed E-state index contributed by atoms with van der Waals surface area (Å²) in [7, 11) is 0. The molecule has 0 heterocycles. The molecule has 0 aromatic heterocycles. The topological polar surface area (TPSA) is 0 Å². The average Bonchev–Trinajstić information content (AvgIpc) is 2.37. The monoisotopic (exact) mass is 346 g/mol. The van der Waals surface area contributed by atoms with Gasteiger partial charge in [-0.05, 0) is 11.1 Å². The van der Waals surface area contributed by atoms with Crippen molar-refractivity contribution in [2.24, 2.45) is 0 Å². The number of hydrogen-bond donors (Lipinski definition) is 0. The van der Waals surface area contributed by atoms with Gasteiger partial charge in [-0.2, -0.15) is 0 Å². The smallest absolute Gasteiger partial charge is 0.0262 e. The Hall–Kier alpha value is -0.830. The van der Waals surface area contributed by atoms with Gasteiger partial charge in [0.15, 0.2) is 0 Å². The van der Waals surface area contributed by atoms with Crippen LogP contribution in [0.2, 0.25) is 0 Å². The number of allylic oxidation sites excluding steroid dienone is 8. The molecule has 0 nitrogen and oxygen atoms in total. The maximum atomic E-state index is 3.83. The molecule has 0 unspecified atom stereocenters. The van der Waals surface area contributed by atoms with E-state index in [4.69, 9.17) is 0 Å². The van der Waals surface area contributed by atoms with Crippen LogP contribution in [0.4, 0.5) is 0 Å². The van der Waals surface area contributed by atoms with Gasteiger partial charge in [0, 0.05) is 0 Å². The minimum atomic E-state index is 0. The van der Waals surface area contributed by atoms with Crippen LogP contribution in [0, 0.1) is 0 Å². The molecule has 0 aromatic rings. The largest absolute Gasteiger partial charge is 0.107 e. The summed E-state index contributed by atoms with van der Waals surface area (Å²) < 4.78 is 0. The van der Waals surface area contributed by atoms with E-state index in [0.717, 1.165) is 11.1 Å². The molecule has 0 aliphatic carbocycles. The second-order valence-electron chi connectivity index (χ2n) is 2.24. The van der Waals surface area contributed by atoms with Crippen molar-refractivity contribution in [3.8, 4) is 0 Å². The predicted octanol–water partition coefficient (Wildman–Crippen LogP) is 6.25. The zero-order valence-corrected chi connectivity index (χ0v) is 14.0. The van der Waals surface area contributed by atoms with Gasteiger partial charge in [0.2, 0.25) is 0 Å². The third kappa shape index (κ3) is 21.1. The van der Waals surface area contributed by atoms with E-state index in [2.05, 4.69) is 26.3 Å². The first kappa shape index (κ1) is 25.1. The fourth-order valence-corrected chi connectivity index (χ4v) is 0.582. The fraction of sp³-hybridized carbons (Fsp3) is 0.250. The lowest BCUT2D eigenvalue weighted by Gasteiger charge is -1.96. The molecule has 1 heteroatoms. The highest BCUT2D eigenvalue weighted by Gasteiger charge is 1.88. The van der Waals surface area contributed by atoms with Crippen LogP contribution in [-0.2, 0) is 0 Å². The molecule has 98 valence electrons. The molecule has 0 fully saturated rings.